The molecule has 0 radical (unpaired) electrons. The number of para-hydroxylation sites is 1. The second-order valence-electron chi connectivity index (χ2n) is 4.50. The SMILES string of the molecule is Cc1ccccc1N(C)Cc1ccc(Br)c(N)c1. The van der Waals surface area contributed by atoms with Gasteiger partial charge in [0.2, 0.25) is 0 Å². The first-order chi connectivity index (χ1) is 8.58. The molecule has 0 aliphatic carbocycles. The largest absolute Gasteiger partial charge is 0.398 e. The Morgan fingerprint density at radius 1 is 1.17 bits per heavy atom. The van der Waals surface area contributed by atoms with Gasteiger partial charge in [0.25, 0.3) is 0 Å². The van der Waals surface area contributed by atoms with Crippen molar-refractivity contribution in [2.45, 2.75) is 13.5 Å². The zero-order valence-corrected chi connectivity index (χ0v) is 12.2. The van der Waals surface area contributed by atoms with E-state index in [1.54, 1.807) is 0 Å². The van der Waals surface area contributed by atoms with Gasteiger partial charge in [-0.3, -0.25) is 0 Å². The molecular formula is C15H17BrN2. The second kappa shape index (κ2) is 5.44. The molecule has 0 amide bonds. The van der Waals surface area contributed by atoms with Crippen LogP contribution in [0.1, 0.15) is 11.1 Å². The third-order valence-electron chi connectivity index (χ3n) is 3.01. The van der Waals surface area contributed by atoms with E-state index in [0.29, 0.717) is 0 Å². The summed E-state index contributed by atoms with van der Waals surface area (Å²) in [6.45, 7) is 2.98. The number of benzene rings is 2. The number of hydrogen-bond acceptors (Lipinski definition) is 2. The lowest BCUT2D eigenvalue weighted by Crippen LogP contribution is -2.17. The number of rotatable bonds is 3. The minimum absolute atomic E-state index is 0.783. The van der Waals surface area contributed by atoms with Gasteiger partial charge in [-0.15, -0.1) is 0 Å². The van der Waals surface area contributed by atoms with Gasteiger partial charge in [-0.25, -0.2) is 0 Å². The molecule has 2 aromatic rings. The van der Waals surface area contributed by atoms with E-state index in [0.717, 1.165) is 16.7 Å². The van der Waals surface area contributed by atoms with E-state index in [1.165, 1.54) is 16.8 Å². The van der Waals surface area contributed by atoms with Crippen molar-refractivity contribution in [2.24, 2.45) is 0 Å². The molecular weight excluding hydrogens is 288 g/mol. The third kappa shape index (κ3) is 2.85. The van der Waals surface area contributed by atoms with Gasteiger partial charge in [0.1, 0.15) is 0 Å². The van der Waals surface area contributed by atoms with Gasteiger partial charge in [-0.05, 0) is 52.2 Å². The summed E-state index contributed by atoms with van der Waals surface area (Å²) in [6, 6.07) is 14.5. The van der Waals surface area contributed by atoms with Gasteiger partial charge in [-0.2, -0.15) is 0 Å². The number of nitrogens with zero attached hydrogens (tertiary/aromatic N) is 1. The lowest BCUT2D eigenvalue weighted by molar-refractivity contribution is 0.917. The van der Waals surface area contributed by atoms with E-state index in [1.807, 2.05) is 12.1 Å². The number of anilines is 2. The fraction of sp³-hybridized carbons (Fsp3) is 0.200. The smallest absolute Gasteiger partial charge is 0.0461 e. The van der Waals surface area contributed by atoms with Gasteiger partial charge < -0.3 is 10.6 Å². The van der Waals surface area contributed by atoms with Gasteiger partial charge >= 0.3 is 0 Å². The maximum atomic E-state index is 5.90. The zero-order valence-electron chi connectivity index (χ0n) is 10.7. The van der Waals surface area contributed by atoms with Crippen LogP contribution in [0.3, 0.4) is 0 Å². The first kappa shape index (κ1) is 13.0. The number of halogens is 1. The molecule has 18 heavy (non-hydrogen) atoms. The monoisotopic (exact) mass is 304 g/mol. The number of nitrogens with two attached hydrogens (primary N) is 1. The highest BCUT2D eigenvalue weighted by atomic mass is 79.9. The van der Waals surface area contributed by atoms with Crippen LogP contribution in [0, 0.1) is 6.92 Å². The topological polar surface area (TPSA) is 29.3 Å². The molecule has 0 saturated heterocycles. The molecule has 0 spiro atoms. The van der Waals surface area contributed by atoms with Crippen molar-refractivity contribution < 1.29 is 0 Å². The van der Waals surface area contributed by atoms with Gasteiger partial charge in [0.05, 0.1) is 0 Å². The van der Waals surface area contributed by atoms with E-state index >= 15 is 0 Å². The molecule has 0 fully saturated rings. The van der Waals surface area contributed by atoms with E-state index in [4.69, 9.17) is 5.73 Å². The maximum Gasteiger partial charge on any atom is 0.0461 e. The van der Waals surface area contributed by atoms with E-state index in [9.17, 15) is 0 Å². The molecule has 0 atom stereocenters. The van der Waals surface area contributed by atoms with Crippen LogP contribution in [0.5, 0.6) is 0 Å². The first-order valence-electron chi connectivity index (χ1n) is 5.88. The van der Waals surface area contributed by atoms with Gasteiger partial charge in [0, 0.05) is 29.4 Å². The molecule has 0 aromatic heterocycles. The van der Waals surface area contributed by atoms with Crippen LogP contribution in [0.4, 0.5) is 11.4 Å². The summed E-state index contributed by atoms with van der Waals surface area (Å²) in [5.41, 5.74) is 10.4. The van der Waals surface area contributed by atoms with Crippen molar-refractivity contribution >= 4 is 27.3 Å². The van der Waals surface area contributed by atoms with Crippen molar-refractivity contribution in [3.05, 3.63) is 58.1 Å². The van der Waals surface area contributed by atoms with E-state index < -0.39 is 0 Å². The molecule has 0 unspecified atom stereocenters. The Hall–Kier alpha value is -1.48. The van der Waals surface area contributed by atoms with Crippen LogP contribution in [0.2, 0.25) is 0 Å². The predicted octanol–water partition coefficient (Wildman–Crippen LogP) is 3.98. The molecule has 2 nitrogen and oxygen atoms in total. The Balaban J connectivity index is 2.19. The van der Waals surface area contributed by atoms with E-state index in [-0.39, 0.29) is 0 Å². The highest BCUT2D eigenvalue weighted by Crippen LogP contribution is 2.23. The van der Waals surface area contributed by atoms with Crippen LogP contribution in [-0.2, 0) is 6.54 Å². The lowest BCUT2D eigenvalue weighted by atomic mass is 10.1. The molecule has 2 aromatic carbocycles. The number of aryl methyl sites for hydroxylation is 1. The molecule has 2 rings (SSSR count). The quantitative estimate of drug-likeness (QED) is 0.869. The summed E-state index contributed by atoms with van der Waals surface area (Å²) in [7, 11) is 2.10. The normalized spacial score (nSPS) is 10.4. The molecule has 0 aliphatic heterocycles. The fourth-order valence-electron chi connectivity index (χ4n) is 2.04. The minimum Gasteiger partial charge on any atom is -0.398 e. The average molecular weight is 305 g/mol. The van der Waals surface area contributed by atoms with Crippen molar-refractivity contribution in [2.75, 3.05) is 17.7 Å². The summed E-state index contributed by atoms with van der Waals surface area (Å²) in [6.07, 6.45) is 0. The molecule has 94 valence electrons. The molecule has 2 N–H and O–H groups in total. The Labute approximate surface area is 117 Å². The highest BCUT2D eigenvalue weighted by Gasteiger charge is 2.05. The second-order valence-corrected chi connectivity index (χ2v) is 5.35. The van der Waals surface area contributed by atoms with Gasteiger partial charge in [-0.1, -0.05) is 24.3 Å². The number of hydrogen-bond donors (Lipinski definition) is 1. The van der Waals surface area contributed by atoms with E-state index in [2.05, 4.69) is 65.1 Å². The van der Waals surface area contributed by atoms with Crippen molar-refractivity contribution in [1.29, 1.82) is 0 Å². The zero-order chi connectivity index (χ0) is 13.1. The summed E-state index contributed by atoms with van der Waals surface area (Å²) >= 11 is 3.41. The average Bonchev–Trinajstić information content (AvgIpc) is 2.34. The van der Waals surface area contributed by atoms with Crippen LogP contribution in [0.25, 0.3) is 0 Å². The van der Waals surface area contributed by atoms with Crippen LogP contribution >= 0.6 is 15.9 Å². The Morgan fingerprint density at radius 2 is 1.89 bits per heavy atom. The minimum atomic E-state index is 0.783. The predicted molar refractivity (Wildman–Crippen MR) is 81.8 cm³/mol. The van der Waals surface area contributed by atoms with Crippen molar-refractivity contribution in [1.82, 2.24) is 0 Å². The Morgan fingerprint density at radius 3 is 2.56 bits per heavy atom. The standard InChI is InChI=1S/C15H17BrN2/c1-11-5-3-4-6-15(11)18(2)10-12-7-8-13(16)14(17)9-12/h3-9H,10,17H2,1-2H3. The number of nitrogen functional groups attached to an aromatic ring is 1. The lowest BCUT2D eigenvalue weighted by Gasteiger charge is -2.21. The molecule has 0 heterocycles. The fourth-order valence-corrected chi connectivity index (χ4v) is 2.29. The molecule has 3 heteroatoms. The van der Waals surface area contributed by atoms with Gasteiger partial charge in [0.15, 0.2) is 0 Å². The van der Waals surface area contributed by atoms with Crippen LogP contribution < -0.4 is 10.6 Å². The molecule has 0 saturated carbocycles. The summed E-state index contributed by atoms with van der Waals surface area (Å²) < 4.78 is 0.949. The highest BCUT2D eigenvalue weighted by molar-refractivity contribution is 9.10. The third-order valence-corrected chi connectivity index (χ3v) is 3.73. The summed E-state index contributed by atoms with van der Waals surface area (Å²) in [5.74, 6) is 0. The summed E-state index contributed by atoms with van der Waals surface area (Å²) in [5, 5.41) is 0. The Kier molecular flexibility index (Phi) is 3.92. The van der Waals surface area contributed by atoms with Crippen LogP contribution in [-0.4, -0.2) is 7.05 Å². The van der Waals surface area contributed by atoms with Crippen LogP contribution in [0.15, 0.2) is 46.9 Å². The van der Waals surface area contributed by atoms with Crippen molar-refractivity contribution in [3.8, 4) is 0 Å². The summed E-state index contributed by atoms with van der Waals surface area (Å²) in [4.78, 5) is 2.23. The Bertz CT molecular complexity index is 552. The molecule has 0 aliphatic rings. The maximum absolute atomic E-state index is 5.90. The van der Waals surface area contributed by atoms with Crippen molar-refractivity contribution in [3.63, 3.8) is 0 Å². The first-order valence-corrected chi connectivity index (χ1v) is 6.68. The molecule has 0 bridgehead atoms.